The van der Waals surface area contributed by atoms with Crippen LogP contribution in [0, 0.1) is 13.8 Å². The van der Waals surface area contributed by atoms with E-state index in [9.17, 15) is 9.59 Å². The first-order valence-electron chi connectivity index (χ1n) is 12.5. The topological polar surface area (TPSA) is 72.6 Å². The van der Waals surface area contributed by atoms with Crippen molar-refractivity contribution in [2.24, 2.45) is 0 Å². The summed E-state index contributed by atoms with van der Waals surface area (Å²) >= 11 is 0. The first-order valence-corrected chi connectivity index (χ1v) is 12.5. The number of aromatic nitrogens is 1. The molecule has 6 heteroatoms. The highest BCUT2D eigenvalue weighted by atomic mass is 16.5. The molecule has 0 spiro atoms. The largest absolute Gasteiger partial charge is 0.489 e. The predicted octanol–water partition coefficient (Wildman–Crippen LogP) is 6.13. The van der Waals surface area contributed by atoms with Crippen LogP contribution in [-0.2, 0) is 13.2 Å². The van der Waals surface area contributed by atoms with Gasteiger partial charge in [0.05, 0.1) is 17.0 Å². The number of hydrogen-bond donors (Lipinski definition) is 0. The van der Waals surface area contributed by atoms with Gasteiger partial charge in [-0.05, 0) is 65.9 Å². The number of nitrogens with zero attached hydrogens (tertiary/aromatic N) is 2. The molecule has 1 aliphatic heterocycles. The molecule has 1 atom stereocenters. The van der Waals surface area contributed by atoms with Crippen molar-refractivity contribution in [1.29, 1.82) is 0 Å². The molecule has 0 bridgehead atoms. The maximum atomic E-state index is 14.0. The molecule has 3 aromatic carbocycles. The maximum Gasteiger partial charge on any atom is 0.291 e. The summed E-state index contributed by atoms with van der Waals surface area (Å²) in [5.41, 5.74) is 5.11. The van der Waals surface area contributed by atoms with Gasteiger partial charge in [-0.25, -0.2) is 0 Å². The first kappa shape index (κ1) is 23.7. The molecule has 0 fully saturated rings. The van der Waals surface area contributed by atoms with E-state index in [4.69, 9.17) is 9.15 Å². The van der Waals surface area contributed by atoms with Gasteiger partial charge in [-0.1, -0.05) is 54.6 Å². The number of amides is 1. The summed E-state index contributed by atoms with van der Waals surface area (Å²) < 4.78 is 12.3. The molecule has 1 unspecified atom stereocenters. The highest BCUT2D eigenvalue weighted by Crippen LogP contribution is 2.40. The van der Waals surface area contributed by atoms with E-state index in [0.29, 0.717) is 28.9 Å². The number of carbonyl (C=O) groups is 1. The summed E-state index contributed by atoms with van der Waals surface area (Å²) in [5.74, 6) is 0.438. The van der Waals surface area contributed by atoms with E-state index >= 15 is 0 Å². The molecule has 6 nitrogen and oxygen atoms in total. The predicted molar refractivity (Wildman–Crippen MR) is 145 cm³/mol. The number of rotatable bonds is 6. The normalized spacial score (nSPS) is 14.6. The van der Waals surface area contributed by atoms with Gasteiger partial charge in [0.1, 0.15) is 17.9 Å². The Hall–Kier alpha value is -4.71. The van der Waals surface area contributed by atoms with Crippen LogP contribution in [0.5, 0.6) is 5.75 Å². The lowest BCUT2D eigenvalue weighted by Gasteiger charge is -2.25. The highest BCUT2D eigenvalue weighted by Gasteiger charge is 2.43. The summed E-state index contributed by atoms with van der Waals surface area (Å²) in [5, 5.41) is 0.485. The van der Waals surface area contributed by atoms with Gasteiger partial charge in [0, 0.05) is 18.9 Å². The second-order valence-electron chi connectivity index (χ2n) is 9.68. The van der Waals surface area contributed by atoms with Gasteiger partial charge in [0.15, 0.2) is 5.43 Å². The Labute approximate surface area is 220 Å². The second-order valence-corrected chi connectivity index (χ2v) is 9.68. The third kappa shape index (κ3) is 4.24. The Kier molecular flexibility index (Phi) is 6.00. The average molecular weight is 503 g/mol. The van der Waals surface area contributed by atoms with E-state index in [2.05, 4.69) is 4.98 Å². The standard InChI is InChI=1S/C32H26N2O4/c1-20-14-21(2)30-26(15-20)29(35)27-28(34(32(36)31(27)38-30)18-23-10-7-13-33-17-23)24-11-6-12-25(16-24)37-19-22-8-4-3-5-9-22/h3-17,28H,18-19H2,1-2H3. The molecule has 6 rings (SSSR count). The Bertz CT molecular complexity index is 1710. The van der Waals surface area contributed by atoms with Crippen molar-refractivity contribution < 1.29 is 13.9 Å². The Morgan fingerprint density at radius 1 is 0.921 bits per heavy atom. The highest BCUT2D eigenvalue weighted by molar-refractivity contribution is 5.99. The molecule has 0 aliphatic carbocycles. The lowest BCUT2D eigenvalue weighted by atomic mass is 9.97. The molecule has 0 radical (unpaired) electrons. The van der Waals surface area contributed by atoms with E-state index in [1.54, 1.807) is 17.3 Å². The molecule has 0 saturated heterocycles. The molecular formula is C32H26N2O4. The van der Waals surface area contributed by atoms with Crippen LogP contribution >= 0.6 is 0 Å². The number of ether oxygens (including phenoxy) is 1. The van der Waals surface area contributed by atoms with Gasteiger partial charge in [-0.15, -0.1) is 0 Å². The first-order chi connectivity index (χ1) is 18.5. The third-order valence-electron chi connectivity index (χ3n) is 6.90. The van der Waals surface area contributed by atoms with E-state index in [0.717, 1.165) is 27.8 Å². The average Bonchev–Trinajstić information content (AvgIpc) is 3.21. The summed E-state index contributed by atoms with van der Waals surface area (Å²) in [6, 6.07) is 24.4. The number of carbonyl (C=O) groups excluding carboxylic acids is 1. The molecule has 1 amide bonds. The Morgan fingerprint density at radius 2 is 1.74 bits per heavy atom. The van der Waals surface area contributed by atoms with Crippen LogP contribution < -0.4 is 10.2 Å². The minimum absolute atomic E-state index is 0.0963. The summed E-state index contributed by atoms with van der Waals surface area (Å²) in [7, 11) is 0. The van der Waals surface area contributed by atoms with Crippen LogP contribution in [0.15, 0.2) is 100 Å². The van der Waals surface area contributed by atoms with Gasteiger partial charge in [0.25, 0.3) is 5.91 Å². The van der Waals surface area contributed by atoms with Gasteiger partial charge in [-0.2, -0.15) is 0 Å². The molecule has 3 heterocycles. The molecule has 38 heavy (non-hydrogen) atoms. The Morgan fingerprint density at radius 3 is 2.53 bits per heavy atom. The SMILES string of the molecule is Cc1cc(C)c2oc3c(c(=O)c2c1)C(c1cccc(OCc2ccccc2)c1)N(Cc1cccnc1)C3=O. The van der Waals surface area contributed by atoms with Gasteiger partial charge in [-0.3, -0.25) is 14.6 Å². The number of pyridine rings is 1. The van der Waals surface area contributed by atoms with Crippen molar-refractivity contribution in [3.05, 3.63) is 141 Å². The molecule has 2 aromatic heterocycles. The quantitative estimate of drug-likeness (QED) is 0.279. The fourth-order valence-electron chi connectivity index (χ4n) is 5.19. The smallest absolute Gasteiger partial charge is 0.291 e. The van der Waals surface area contributed by atoms with Crippen molar-refractivity contribution in [1.82, 2.24) is 9.88 Å². The summed E-state index contributed by atoms with van der Waals surface area (Å²) in [6.07, 6.45) is 3.42. The van der Waals surface area contributed by atoms with Crippen LogP contribution in [0.25, 0.3) is 11.0 Å². The zero-order valence-electron chi connectivity index (χ0n) is 21.2. The summed E-state index contributed by atoms with van der Waals surface area (Å²) in [6.45, 7) is 4.53. The lowest BCUT2D eigenvalue weighted by molar-refractivity contribution is 0.0714. The molecule has 1 aliphatic rings. The third-order valence-corrected chi connectivity index (χ3v) is 6.90. The summed E-state index contributed by atoms with van der Waals surface area (Å²) in [4.78, 5) is 33.7. The number of hydrogen-bond acceptors (Lipinski definition) is 5. The van der Waals surface area contributed by atoms with Crippen molar-refractivity contribution in [2.75, 3.05) is 0 Å². The number of fused-ring (bicyclic) bond motifs is 2. The molecule has 188 valence electrons. The van der Waals surface area contributed by atoms with Crippen molar-refractivity contribution in [3.63, 3.8) is 0 Å². The maximum absolute atomic E-state index is 14.0. The Balaban J connectivity index is 1.47. The van der Waals surface area contributed by atoms with Gasteiger partial charge < -0.3 is 14.1 Å². The lowest BCUT2D eigenvalue weighted by Crippen LogP contribution is -2.29. The van der Waals surface area contributed by atoms with Crippen LogP contribution in [0.4, 0.5) is 0 Å². The minimum Gasteiger partial charge on any atom is -0.489 e. The van der Waals surface area contributed by atoms with E-state index in [1.165, 1.54) is 0 Å². The monoisotopic (exact) mass is 502 g/mol. The molecule has 0 saturated carbocycles. The van der Waals surface area contributed by atoms with E-state index < -0.39 is 6.04 Å². The van der Waals surface area contributed by atoms with Crippen molar-refractivity contribution >= 4 is 16.9 Å². The van der Waals surface area contributed by atoms with E-state index in [1.807, 2.05) is 92.7 Å². The molecular weight excluding hydrogens is 476 g/mol. The van der Waals surface area contributed by atoms with Crippen LogP contribution in [0.1, 0.15) is 50.0 Å². The molecule has 0 N–H and O–H groups in total. The van der Waals surface area contributed by atoms with Gasteiger partial charge >= 0.3 is 0 Å². The van der Waals surface area contributed by atoms with Gasteiger partial charge in [0.2, 0.25) is 5.76 Å². The second kappa shape index (κ2) is 9.63. The van der Waals surface area contributed by atoms with Crippen molar-refractivity contribution in [3.8, 4) is 5.75 Å². The van der Waals surface area contributed by atoms with Crippen LogP contribution in [-0.4, -0.2) is 15.8 Å². The van der Waals surface area contributed by atoms with Crippen LogP contribution in [0.2, 0.25) is 0 Å². The zero-order valence-corrected chi connectivity index (χ0v) is 21.2. The van der Waals surface area contributed by atoms with Crippen molar-refractivity contribution in [2.45, 2.75) is 33.0 Å². The number of benzene rings is 3. The fraction of sp³-hybridized carbons (Fsp3) is 0.156. The minimum atomic E-state index is -0.626. The van der Waals surface area contributed by atoms with E-state index in [-0.39, 0.29) is 23.6 Å². The number of aryl methyl sites for hydroxylation is 2. The zero-order chi connectivity index (χ0) is 26.2. The fourth-order valence-corrected chi connectivity index (χ4v) is 5.19. The van der Waals surface area contributed by atoms with Crippen LogP contribution in [0.3, 0.4) is 0 Å². The molecule has 5 aromatic rings.